The number of nitrogens with one attached hydrogen (secondary N) is 1. The Hall–Kier alpha value is -2.59. The van der Waals surface area contributed by atoms with Gasteiger partial charge in [0.15, 0.2) is 5.78 Å². The van der Waals surface area contributed by atoms with Crippen molar-refractivity contribution in [1.29, 1.82) is 0 Å². The van der Waals surface area contributed by atoms with Crippen LogP contribution < -0.4 is 10.9 Å². The van der Waals surface area contributed by atoms with Crippen molar-refractivity contribution in [3.8, 4) is 0 Å². The minimum atomic E-state index is -1.76. The summed E-state index contributed by atoms with van der Waals surface area (Å²) in [6, 6.07) is 4.13. The summed E-state index contributed by atoms with van der Waals surface area (Å²) in [5.74, 6) is -0.314. The highest BCUT2D eigenvalue weighted by atomic mass is 16.4. The van der Waals surface area contributed by atoms with Crippen LogP contribution in [0.2, 0.25) is 0 Å². The Morgan fingerprint density at radius 1 is 1.23 bits per heavy atom. The zero-order chi connectivity index (χ0) is 19.4. The van der Waals surface area contributed by atoms with Crippen LogP contribution in [0.15, 0.2) is 33.5 Å². The average Bonchev–Trinajstić information content (AvgIpc) is 2.62. The number of hydrogen-bond donors (Lipinski definition) is 5. The van der Waals surface area contributed by atoms with Crippen LogP contribution in [-0.2, 0) is 4.79 Å². The smallest absolute Gasteiger partial charge is 0.336 e. The number of ketones is 1. The average molecular weight is 365 g/mol. The van der Waals surface area contributed by atoms with Gasteiger partial charge in [-0.2, -0.15) is 0 Å². The lowest BCUT2D eigenvalue weighted by molar-refractivity contribution is -0.117. The van der Waals surface area contributed by atoms with Crippen molar-refractivity contribution in [2.75, 3.05) is 11.9 Å². The zero-order valence-corrected chi connectivity index (χ0v) is 13.8. The largest absolute Gasteiger partial charge is 0.423 e. The van der Waals surface area contributed by atoms with Gasteiger partial charge in [0.1, 0.15) is 36.2 Å². The summed E-state index contributed by atoms with van der Waals surface area (Å²) < 4.78 is 5.05. The van der Waals surface area contributed by atoms with Gasteiger partial charge < -0.3 is 35.0 Å². The maximum absolute atomic E-state index is 11.6. The van der Waals surface area contributed by atoms with Crippen molar-refractivity contribution in [3.63, 3.8) is 0 Å². The summed E-state index contributed by atoms with van der Waals surface area (Å²) >= 11 is 0. The zero-order valence-electron chi connectivity index (χ0n) is 13.8. The molecule has 26 heavy (non-hydrogen) atoms. The normalized spacial score (nSPS) is 15.9. The van der Waals surface area contributed by atoms with Gasteiger partial charge in [-0.1, -0.05) is 0 Å². The van der Waals surface area contributed by atoms with Crippen molar-refractivity contribution in [2.45, 2.75) is 31.3 Å². The molecule has 1 aromatic heterocycles. The maximum atomic E-state index is 11.6. The van der Waals surface area contributed by atoms with E-state index in [0.29, 0.717) is 11.7 Å². The van der Waals surface area contributed by atoms with Crippen LogP contribution in [-0.4, -0.2) is 63.5 Å². The van der Waals surface area contributed by atoms with E-state index in [1.165, 1.54) is 25.1 Å². The first-order valence-corrected chi connectivity index (χ1v) is 7.74. The van der Waals surface area contributed by atoms with Gasteiger partial charge in [-0.15, -0.1) is 0 Å². The molecule has 9 heteroatoms. The van der Waals surface area contributed by atoms with Crippen molar-refractivity contribution < 1.29 is 34.4 Å². The monoisotopic (exact) mass is 365 g/mol. The SMILES string of the molecule is CC(=O)c1cc(=O)oc2cc(N[C@@H](C=O)[C@@H](O)[C@H](O)[C@H](O)CO)ccc12. The number of rotatable bonds is 8. The molecule has 0 saturated heterocycles. The quantitative estimate of drug-likeness (QED) is 0.226. The lowest BCUT2D eigenvalue weighted by atomic mass is 10.0. The molecule has 0 spiro atoms. The third-order valence-corrected chi connectivity index (χ3v) is 3.90. The van der Waals surface area contributed by atoms with Gasteiger partial charge in [0.2, 0.25) is 0 Å². The van der Waals surface area contributed by atoms with E-state index in [1.807, 2.05) is 0 Å². The summed E-state index contributed by atoms with van der Waals surface area (Å²) in [7, 11) is 0. The van der Waals surface area contributed by atoms with Crippen LogP contribution in [0, 0.1) is 0 Å². The predicted octanol–water partition coefficient (Wildman–Crippen LogP) is -0.950. The molecule has 4 atom stereocenters. The van der Waals surface area contributed by atoms with E-state index in [4.69, 9.17) is 9.52 Å². The van der Waals surface area contributed by atoms with E-state index in [1.54, 1.807) is 0 Å². The number of fused-ring (bicyclic) bond motifs is 1. The lowest BCUT2D eigenvalue weighted by Gasteiger charge is -2.26. The van der Waals surface area contributed by atoms with Gasteiger partial charge in [-0.25, -0.2) is 4.79 Å². The first-order chi connectivity index (χ1) is 12.3. The molecule has 0 aliphatic carbocycles. The van der Waals surface area contributed by atoms with E-state index in [0.717, 1.165) is 6.07 Å². The Labute approximate surface area is 147 Å². The van der Waals surface area contributed by atoms with Crippen molar-refractivity contribution in [2.24, 2.45) is 0 Å². The molecule has 1 aromatic carbocycles. The molecule has 0 fully saturated rings. The third-order valence-electron chi connectivity index (χ3n) is 3.90. The van der Waals surface area contributed by atoms with Gasteiger partial charge >= 0.3 is 5.63 Å². The van der Waals surface area contributed by atoms with Gasteiger partial charge in [-0.3, -0.25) is 4.79 Å². The van der Waals surface area contributed by atoms with Crippen LogP contribution in [0.4, 0.5) is 5.69 Å². The van der Waals surface area contributed by atoms with E-state index < -0.39 is 36.6 Å². The van der Waals surface area contributed by atoms with Crippen LogP contribution in [0.25, 0.3) is 11.0 Å². The summed E-state index contributed by atoms with van der Waals surface area (Å²) in [6.45, 7) is 0.520. The highest BCUT2D eigenvalue weighted by Crippen LogP contribution is 2.22. The van der Waals surface area contributed by atoms with Gasteiger partial charge in [0.25, 0.3) is 0 Å². The van der Waals surface area contributed by atoms with E-state index in [9.17, 15) is 29.7 Å². The van der Waals surface area contributed by atoms with Crippen LogP contribution >= 0.6 is 0 Å². The summed E-state index contributed by atoms with van der Waals surface area (Å²) in [5.41, 5.74) is -0.157. The molecule has 0 saturated carbocycles. The lowest BCUT2D eigenvalue weighted by Crippen LogP contribution is -2.49. The van der Waals surface area contributed by atoms with Crippen LogP contribution in [0.3, 0.4) is 0 Å². The van der Waals surface area contributed by atoms with Crippen molar-refractivity contribution in [1.82, 2.24) is 0 Å². The second-order valence-electron chi connectivity index (χ2n) is 5.78. The minimum Gasteiger partial charge on any atom is -0.423 e. The summed E-state index contributed by atoms with van der Waals surface area (Å²) in [5, 5.41) is 40.9. The Morgan fingerprint density at radius 3 is 2.50 bits per heavy atom. The van der Waals surface area contributed by atoms with Crippen molar-refractivity contribution >= 4 is 28.7 Å². The Balaban J connectivity index is 2.33. The molecule has 0 aliphatic rings. The maximum Gasteiger partial charge on any atom is 0.336 e. The predicted molar refractivity (Wildman–Crippen MR) is 91.1 cm³/mol. The van der Waals surface area contributed by atoms with Crippen molar-refractivity contribution in [3.05, 3.63) is 40.2 Å². The molecule has 1 heterocycles. The number of aliphatic hydroxyl groups excluding tert-OH is 4. The number of anilines is 1. The fourth-order valence-electron chi connectivity index (χ4n) is 2.48. The minimum absolute atomic E-state index is 0.0998. The molecule has 0 aliphatic heterocycles. The topological polar surface area (TPSA) is 157 Å². The highest BCUT2D eigenvalue weighted by Gasteiger charge is 2.31. The first kappa shape index (κ1) is 19.7. The molecular weight excluding hydrogens is 346 g/mol. The third kappa shape index (κ3) is 4.14. The number of carbonyl (C=O) groups is 2. The molecule has 2 rings (SSSR count). The molecule has 9 nitrogen and oxygen atoms in total. The summed E-state index contributed by atoms with van der Waals surface area (Å²) in [6.07, 6.45) is -4.77. The number of hydrogen-bond acceptors (Lipinski definition) is 9. The van der Waals surface area contributed by atoms with Gasteiger partial charge in [0.05, 0.1) is 6.61 Å². The number of carbonyl (C=O) groups excluding carboxylic acids is 2. The van der Waals surface area contributed by atoms with Gasteiger partial charge in [0, 0.05) is 28.8 Å². The van der Waals surface area contributed by atoms with E-state index in [2.05, 4.69) is 5.32 Å². The molecule has 5 N–H and O–H groups in total. The second-order valence-corrected chi connectivity index (χ2v) is 5.78. The Bertz CT molecular complexity index is 861. The molecule has 0 radical (unpaired) electrons. The number of aliphatic hydroxyl groups is 4. The molecule has 0 unspecified atom stereocenters. The first-order valence-electron chi connectivity index (χ1n) is 7.74. The highest BCUT2D eigenvalue weighted by molar-refractivity contribution is 6.05. The Morgan fingerprint density at radius 2 is 1.92 bits per heavy atom. The van der Waals surface area contributed by atoms with Crippen LogP contribution in [0.1, 0.15) is 17.3 Å². The standard InChI is InChI=1S/C17H19NO8/c1-8(21)11-5-15(23)26-14-4-9(2-3-10(11)14)18-12(6-19)16(24)17(25)13(22)7-20/h2-6,12-13,16-18,20,22,24-25H,7H2,1H3/t12-,13+,16+,17+/m0/s1. The Kier molecular flexibility index (Phi) is 6.22. The molecular formula is C17H19NO8. The van der Waals surface area contributed by atoms with Gasteiger partial charge in [-0.05, 0) is 19.1 Å². The molecule has 140 valence electrons. The van der Waals surface area contributed by atoms with E-state index >= 15 is 0 Å². The fourth-order valence-corrected chi connectivity index (χ4v) is 2.48. The number of benzene rings is 1. The number of aldehydes is 1. The molecule has 0 bridgehead atoms. The van der Waals surface area contributed by atoms with E-state index in [-0.39, 0.29) is 22.6 Å². The second kappa shape index (κ2) is 8.19. The molecule has 0 amide bonds. The fraction of sp³-hybridized carbons (Fsp3) is 0.353. The molecule has 2 aromatic rings. The summed E-state index contributed by atoms with van der Waals surface area (Å²) in [4.78, 5) is 34.4. The number of Topliss-reactive ketones (excluding diaryl/α,β-unsaturated/α-hetero) is 1. The van der Waals surface area contributed by atoms with Crippen LogP contribution in [0.5, 0.6) is 0 Å².